The second-order valence-corrected chi connectivity index (χ2v) is 7.80. The molecule has 0 fully saturated rings. The molecular formula is C21H22F3N5O. The second kappa shape index (κ2) is 8.10. The van der Waals surface area contributed by atoms with E-state index in [1.807, 2.05) is 20.8 Å². The first-order valence-corrected chi connectivity index (χ1v) is 9.20. The highest BCUT2D eigenvalue weighted by Gasteiger charge is 2.28. The number of hydrogen-bond acceptors (Lipinski definition) is 3. The molecule has 3 aromatic rings. The number of nitrogens with one attached hydrogen (secondary N) is 2. The summed E-state index contributed by atoms with van der Waals surface area (Å²) in [7, 11) is 0. The van der Waals surface area contributed by atoms with E-state index in [1.54, 1.807) is 12.1 Å². The SMILES string of the molecule is CC(C)(C)c1nn(-c2cc(F)ccc2F)c(N)c1NC(=O)NCc1ccc(F)cc1. The maximum absolute atomic E-state index is 14.3. The van der Waals surface area contributed by atoms with Gasteiger partial charge in [-0.3, -0.25) is 0 Å². The molecule has 1 heterocycles. The predicted molar refractivity (Wildman–Crippen MR) is 109 cm³/mol. The van der Waals surface area contributed by atoms with E-state index in [-0.39, 0.29) is 29.6 Å². The molecule has 158 valence electrons. The summed E-state index contributed by atoms with van der Waals surface area (Å²) in [5.74, 6) is -1.77. The van der Waals surface area contributed by atoms with Crippen molar-refractivity contribution in [3.63, 3.8) is 0 Å². The number of carbonyl (C=O) groups is 1. The topological polar surface area (TPSA) is 85.0 Å². The number of carbonyl (C=O) groups excluding carboxylic acids is 1. The molecule has 0 spiro atoms. The summed E-state index contributed by atoms with van der Waals surface area (Å²) in [6.45, 7) is 5.71. The van der Waals surface area contributed by atoms with E-state index in [9.17, 15) is 18.0 Å². The number of nitrogen functional groups attached to an aromatic ring is 1. The number of nitrogens with two attached hydrogens (primary N) is 1. The molecule has 6 nitrogen and oxygen atoms in total. The number of benzene rings is 2. The first kappa shape index (κ1) is 21.2. The zero-order valence-corrected chi connectivity index (χ0v) is 16.8. The lowest BCUT2D eigenvalue weighted by molar-refractivity contribution is 0.251. The van der Waals surface area contributed by atoms with Gasteiger partial charge < -0.3 is 16.4 Å². The normalized spacial score (nSPS) is 11.4. The fourth-order valence-corrected chi connectivity index (χ4v) is 2.85. The third-order valence-electron chi connectivity index (χ3n) is 4.37. The number of urea groups is 1. The Hall–Kier alpha value is -3.49. The maximum atomic E-state index is 14.3. The zero-order valence-electron chi connectivity index (χ0n) is 16.8. The standard InChI is InChI=1S/C21H22F3N5O/c1-21(2,3)18-17(27-20(30)26-11-12-4-6-13(22)7-5-12)19(25)29(28-18)16-10-14(23)8-9-15(16)24/h4-10H,11,25H2,1-3H3,(H2,26,27,30). The lowest BCUT2D eigenvalue weighted by atomic mass is 9.91. The molecule has 4 N–H and O–H groups in total. The minimum absolute atomic E-state index is 0.0404. The van der Waals surface area contributed by atoms with Gasteiger partial charge in [0.1, 0.15) is 28.8 Å². The van der Waals surface area contributed by atoms with Gasteiger partial charge in [0.2, 0.25) is 0 Å². The van der Waals surface area contributed by atoms with E-state index in [1.165, 1.54) is 12.1 Å². The molecule has 0 aliphatic carbocycles. The van der Waals surface area contributed by atoms with Gasteiger partial charge in [-0.1, -0.05) is 32.9 Å². The molecule has 0 saturated heterocycles. The van der Waals surface area contributed by atoms with Crippen molar-refractivity contribution in [1.29, 1.82) is 0 Å². The van der Waals surface area contributed by atoms with E-state index in [0.717, 1.165) is 22.9 Å². The molecule has 0 bridgehead atoms. The van der Waals surface area contributed by atoms with Crippen molar-refractivity contribution in [3.05, 3.63) is 71.2 Å². The van der Waals surface area contributed by atoms with Crippen molar-refractivity contribution >= 4 is 17.5 Å². The molecule has 0 aliphatic rings. The van der Waals surface area contributed by atoms with E-state index in [4.69, 9.17) is 5.73 Å². The van der Waals surface area contributed by atoms with Crippen molar-refractivity contribution in [3.8, 4) is 5.69 Å². The molecule has 0 aliphatic heterocycles. The molecule has 0 unspecified atom stereocenters. The van der Waals surface area contributed by atoms with E-state index in [2.05, 4.69) is 15.7 Å². The fraction of sp³-hybridized carbons (Fsp3) is 0.238. The monoisotopic (exact) mass is 417 g/mol. The number of hydrogen-bond donors (Lipinski definition) is 3. The quantitative estimate of drug-likeness (QED) is 0.585. The summed E-state index contributed by atoms with van der Waals surface area (Å²) >= 11 is 0. The largest absolute Gasteiger partial charge is 0.382 e. The van der Waals surface area contributed by atoms with Crippen LogP contribution in [0.5, 0.6) is 0 Å². The van der Waals surface area contributed by atoms with Crippen LogP contribution in [0.15, 0.2) is 42.5 Å². The zero-order chi connectivity index (χ0) is 22.1. The number of aromatic nitrogens is 2. The highest BCUT2D eigenvalue weighted by Crippen LogP contribution is 2.35. The molecule has 2 aromatic carbocycles. The van der Waals surface area contributed by atoms with Gasteiger partial charge in [-0.25, -0.2) is 22.6 Å². The summed E-state index contributed by atoms with van der Waals surface area (Å²) in [6.07, 6.45) is 0. The number of halogens is 3. The summed E-state index contributed by atoms with van der Waals surface area (Å²) in [4.78, 5) is 12.4. The third-order valence-corrected chi connectivity index (χ3v) is 4.37. The molecule has 2 amide bonds. The van der Waals surface area contributed by atoms with Gasteiger partial charge in [0.05, 0.1) is 5.69 Å². The van der Waals surface area contributed by atoms with Gasteiger partial charge in [0.15, 0.2) is 5.82 Å². The minimum Gasteiger partial charge on any atom is -0.382 e. The van der Waals surface area contributed by atoms with Crippen LogP contribution in [-0.2, 0) is 12.0 Å². The first-order valence-electron chi connectivity index (χ1n) is 9.20. The van der Waals surface area contributed by atoms with E-state index in [0.29, 0.717) is 11.3 Å². The van der Waals surface area contributed by atoms with Crippen LogP contribution >= 0.6 is 0 Å². The van der Waals surface area contributed by atoms with Gasteiger partial charge in [0.25, 0.3) is 0 Å². The lowest BCUT2D eigenvalue weighted by Crippen LogP contribution is -2.29. The third kappa shape index (κ3) is 4.56. The van der Waals surface area contributed by atoms with Crippen LogP contribution in [0.3, 0.4) is 0 Å². The van der Waals surface area contributed by atoms with Crippen LogP contribution in [-0.4, -0.2) is 15.8 Å². The number of rotatable bonds is 4. The van der Waals surface area contributed by atoms with Crippen LogP contribution in [0.2, 0.25) is 0 Å². The molecule has 3 rings (SSSR count). The van der Waals surface area contributed by atoms with Gasteiger partial charge in [-0.2, -0.15) is 5.10 Å². The lowest BCUT2D eigenvalue weighted by Gasteiger charge is -2.18. The van der Waals surface area contributed by atoms with Gasteiger partial charge in [0, 0.05) is 18.0 Å². The molecule has 30 heavy (non-hydrogen) atoms. The Bertz CT molecular complexity index is 1070. The average molecular weight is 417 g/mol. The molecule has 0 radical (unpaired) electrons. The van der Waals surface area contributed by atoms with Crippen LogP contribution in [0.1, 0.15) is 32.0 Å². The van der Waals surface area contributed by atoms with Crippen LogP contribution in [0.4, 0.5) is 29.5 Å². The first-order chi connectivity index (χ1) is 14.1. The van der Waals surface area contributed by atoms with Crippen molar-refractivity contribution < 1.29 is 18.0 Å². The number of amides is 2. The fourth-order valence-electron chi connectivity index (χ4n) is 2.85. The maximum Gasteiger partial charge on any atom is 0.319 e. The summed E-state index contributed by atoms with van der Waals surface area (Å²) < 4.78 is 42.0. The molecule has 1 aromatic heterocycles. The Morgan fingerprint density at radius 3 is 2.33 bits per heavy atom. The van der Waals surface area contributed by atoms with Gasteiger partial charge >= 0.3 is 6.03 Å². The number of anilines is 2. The Balaban J connectivity index is 1.89. The highest BCUT2D eigenvalue weighted by molar-refractivity contribution is 5.93. The average Bonchev–Trinajstić information content (AvgIpc) is 3.00. The Labute approximate surface area is 171 Å². The Morgan fingerprint density at radius 1 is 1.07 bits per heavy atom. The predicted octanol–water partition coefficient (Wildman–Crippen LogP) is 4.49. The number of nitrogens with zero attached hydrogens (tertiary/aromatic N) is 2. The van der Waals surface area contributed by atoms with E-state index >= 15 is 0 Å². The molecule has 0 saturated carbocycles. The van der Waals surface area contributed by atoms with E-state index < -0.39 is 23.1 Å². The molecule has 0 atom stereocenters. The van der Waals surface area contributed by atoms with Crippen molar-refractivity contribution in [2.45, 2.75) is 32.7 Å². The van der Waals surface area contributed by atoms with Crippen molar-refractivity contribution in [2.24, 2.45) is 0 Å². The minimum atomic E-state index is -0.710. The summed E-state index contributed by atoms with van der Waals surface area (Å²) in [5.41, 5.74) is 6.73. The van der Waals surface area contributed by atoms with Gasteiger partial charge in [-0.15, -0.1) is 0 Å². The molecule has 9 heteroatoms. The van der Waals surface area contributed by atoms with Crippen LogP contribution < -0.4 is 16.4 Å². The van der Waals surface area contributed by atoms with Crippen LogP contribution in [0, 0.1) is 17.5 Å². The second-order valence-electron chi connectivity index (χ2n) is 7.80. The van der Waals surface area contributed by atoms with Gasteiger partial charge in [-0.05, 0) is 29.8 Å². The van der Waals surface area contributed by atoms with Crippen LogP contribution in [0.25, 0.3) is 5.69 Å². The van der Waals surface area contributed by atoms with Crippen molar-refractivity contribution in [1.82, 2.24) is 15.1 Å². The Morgan fingerprint density at radius 2 is 1.70 bits per heavy atom. The highest BCUT2D eigenvalue weighted by atomic mass is 19.1. The smallest absolute Gasteiger partial charge is 0.319 e. The Kier molecular flexibility index (Phi) is 5.73. The molecular weight excluding hydrogens is 395 g/mol. The summed E-state index contributed by atoms with van der Waals surface area (Å²) in [5, 5.41) is 9.62. The van der Waals surface area contributed by atoms with Crippen molar-refractivity contribution in [2.75, 3.05) is 11.1 Å². The summed E-state index contributed by atoms with van der Waals surface area (Å²) in [6, 6.07) is 8.06.